The van der Waals surface area contributed by atoms with Gasteiger partial charge in [-0.15, -0.1) is 0 Å². The third-order valence-corrected chi connectivity index (χ3v) is 5.97. The normalized spacial score (nSPS) is 21.1. The molecule has 2 aromatic rings. The summed E-state index contributed by atoms with van der Waals surface area (Å²) in [6, 6.07) is 14.2. The zero-order valence-corrected chi connectivity index (χ0v) is 16.6. The van der Waals surface area contributed by atoms with E-state index in [1.54, 1.807) is 7.11 Å². The van der Waals surface area contributed by atoms with Crippen LogP contribution in [-0.2, 0) is 16.0 Å². The van der Waals surface area contributed by atoms with Gasteiger partial charge in [-0.2, -0.15) is 0 Å². The van der Waals surface area contributed by atoms with Gasteiger partial charge >= 0.3 is 0 Å². The summed E-state index contributed by atoms with van der Waals surface area (Å²) in [5.74, 6) is 0.822. The fourth-order valence-corrected chi connectivity index (χ4v) is 4.52. The fourth-order valence-electron chi connectivity index (χ4n) is 4.52. The van der Waals surface area contributed by atoms with Gasteiger partial charge in [-0.3, -0.25) is 9.79 Å². The number of benzene rings is 2. The van der Waals surface area contributed by atoms with Crippen LogP contribution >= 0.6 is 0 Å². The number of carbonyl (C=O) groups is 1. The molecule has 148 valence electrons. The van der Waals surface area contributed by atoms with Crippen molar-refractivity contribution in [1.29, 1.82) is 0 Å². The number of aliphatic imine (C=N–C) groups is 1. The zero-order chi connectivity index (χ0) is 19.8. The Morgan fingerprint density at radius 2 is 2.10 bits per heavy atom. The Morgan fingerprint density at radius 1 is 1.21 bits per heavy atom. The van der Waals surface area contributed by atoms with Crippen molar-refractivity contribution in [2.45, 2.75) is 25.4 Å². The van der Waals surface area contributed by atoms with Gasteiger partial charge in [0.05, 0.1) is 24.6 Å². The number of hydrogen-bond acceptors (Lipinski definition) is 4. The largest absolute Gasteiger partial charge is 0.497 e. The molecule has 0 aliphatic carbocycles. The highest BCUT2D eigenvalue weighted by Crippen LogP contribution is 2.38. The van der Waals surface area contributed by atoms with Crippen LogP contribution in [0.1, 0.15) is 41.2 Å². The highest BCUT2D eigenvalue weighted by atomic mass is 16.5. The molecule has 0 radical (unpaired) electrons. The van der Waals surface area contributed by atoms with E-state index < -0.39 is 0 Å². The molecule has 0 spiro atoms. The van der Waals surface area contributed by atoms with E-state index in [0.717, 1.165) is 54.2 Å². The molecule has 0 bridgehead atoms. The average molecular weight is 388 g/mol. The molecule has 3 heterocycles. The number of amides is 1. The SMILES string of the molecule is COc1cccc(C2=NCC(=O)N3CCc4c(cccc4C4CCCO4)C3=C2)c1. The Balaban J connectivity index is 1.61. The molecule has 2 aromatic carbocycles. The van der Waals surface area contributed by atoms with Crippen molar-refractivity contribution in [3.05, 3.63) is 70.8 Å². The molecule has 5 heteroatoms. The number of nitrogens with zero attached hydrogens (tertiary/aromatic N) is 2. The van der Waals surface area contributed by atoms with Crippen molar-refractivity contribution in [2.75, 3.05) is 26.8 Å². The molecule has 1 atom stereocenters. The van der Waals surface area contributed by atoms with E-state index in [-0.39, 0.29) is 18.6 Å². The Kier molecular flexibility index (Phi) is 4.68. The Morgan fingerprint density at radius 3 is 2.93 bits per heavy atom. The predicted molar refractivity (Wildman–Crippen MR) is 112 cm³/mol. The summed E-state index contributed by atoms with van der Waals surface area (Å²) in [7, 11) is 1.65. The molecule has 0 N–H and O–H groups in total. The van der Waals surface area contributed by atoms with Gasteiger partial charge in [-0.1, -0.05) is 30.3 Å². The molecule has 0 aromatic heterocycles. The molecule has 5 rings (SSSR count). The lowest BCUT2D eigenvalue weighted by molar-refractivity contribution is -0.126. The van der Waals surface area contributed by atoms with Crippen LogP contribution in [0.2, 0.25) is 0 Å². The molecule has 0 saturated carbocycles. The maximum absolute atomic E-state index is 12.8. The molecule has 1 amide bonds. The van der Waals surface area contributed by atoms with E-state index in [1.165, 1.54) is 11.1 Å². The average Bonchev–Trinajstić information content (AvgIpc) is 3.24. The molecule has 5 nitrogen and oxygen atoms in total. The third kappa shape index (κ3) is 3.25. The van der Waals surface area contributed by atoms with Gasteiger partial charge in [0.25, 0.3) is 0 Å². The monoisotopic (exact) mass is 388 g/mol. The molecule has 1 unspecified atom stereocenters. The molecule has 1 saturated heterocycles. The first-order valence-electron chi connectivity index (χ1n) is 10.2. The Bertz CT molecular complexity index is 1020. The second-order valence-electron chi connectivity index (χ2n) is 7.63. The molecule has 1 fully saturated rings. The highest BCUT2D eigenvalue weighted by Gasteiger charge is 2.31. The van der Waals surface area contributed by atoms with Crippen LogP contribution in [0.5, 0.6) is 5.75 Å². The number of fused-ring (bicyclic) bond motifs is 3. The summed E-state index contributed by atoms with van der Waals surface area (Å²) >= 11 is 0. The van der Waals surface area contributed by atoms with Gasteiger partial charge in [0.15, 0.2) is 0 Å². The quantitative estimate of drug-likeness (QED) is 0.804. The van der Waals surface area contributed by atoms with Crippen molar-refractivity contribution >= 4 is 17.3 Å². The predicted octanol–water partition coefficient (Wildman–Crippen LogP) is 3.78. The maximum Gasteiger partial charge on any atom is 0.248 e. The molecule has 3 aliphatic heterocycles. The minimum Gasteiger partial charge on any atom is -0.497 e. The van der Waals surface area contributed by atoms with Crippen LogP contribution in [0.15, 0.2) is 53.5 Å². The number of carbonyl (C=O) groups excluding carboxylic acids is 1. The van der Waals surface area contributed by atoms with Crippen molar-refractivity contribution in [3.63, 3.8) is 0 Å². The first-order chi connectivity index (χ1) is 14.2. The van der Waals surface area contributed by atoms with Crippen molar-refractivity contribution < 1.29 is 14.3 Å². The number of rotatable bonds is 3. The standard InChI is InChI=1S/C24H24N2O3/c1-28-17-6-2-5-16(13-17)21-14-22-19-7-3-8-20(23-9-4-12-29-23)18(19)10-11-26(22)24(27)15-25-21/h2-3,5-8,13-14,23H,4,9-12,15H2,1H3. The van der Waals surface area contributed by atoms with Gasteiger partial charge in [-0.05, 0) is 48.6 Å². The van der Waals surface area contributed by atoms with Gasteiger partial charge < -0.3 is 14.4 Å². The lowest BCUT2D eigenvalue weighted by Gasteiger charge is -2.32. The summed E-state index contributed by atoms with van der Waals surface area (Å²) in [6.07, 6.45) is 5.24. The van der Waals surface area contributed by atoms with Gasteiger partial charge in [0, 0.05) is 24.3 Å². The third-order valence-electron chi connectivity index (χ3n) is 5.97. The van der Waals surface area contributed by atoms with E-state index in [0.29, 0.717) is 6.54 Å². The van der Waals surface area contributed by atoms with Crippen molar-refractivity contribution in [1.82, 2.24) is 4.90 Å². The minimum absolute atomic E-state index is 0.0438. The number of ether oxygens (including phenoxy) is 2. The maximum atomic E-state index is 12.8. The van der Waals surface area contributed by atoms with E-state index in [1.807, 2.05) is 29.2 Å². The zero-order valence-electron chi connectivity index (χ0n) is 16.6. The molecular weight excluding hydrogens is 364 g/mol. The van der Waals surface area contributed by atoms with E-state index in [2.05, 4.69) is 29.3 Å². The van der Waals surface area contributed by atoms with Crippen LogP contribution in [-0.4, -0.2) is 43.3 Å². The number of hydrogen-bond donors (Lipinski definition) is 0. The molecular formula is C24H24N2O3. The first kappa shape index (κ1) is 18.1. The summed E-state index contributed by atoms with van der Waals surface area (Å²) in [4.78, 5) is 19.3. The highest BCUT2D eigenvalue weighted by molar-refractivity contribution is 6.15. The molecule has 29 heavy (non-hydrogen) atoms. The summed E-state index contributed by atoms with van der Waals surface area (Å²) in [6.45, 7) is 1.67. The van der Waals surface area contributed by atoms with Crippen molar-refractivity contribution in [2.24, 2.45) is 4.99 Å². The van der Waals surface area contributed by atoms with Gasteiger partial charge in [0.1, 0.15) is 12.3 Å². The summed E-state index contributed by atoms with van der Waals surface area (Å²) < 4.78 is 11.3. The lowest BCUT2D eigenvalue weighted by Crippen LogP contribution is -2.36. The summed E-state index contributed by atoms with van der Waals surface area (Å²) in [5.41, 5.74) is 6.41. The smallest absolute Gasteiger partial charge is 0.248 e. The summed E-state index contributed by atoms with van der Waals surface area (Å²) in [5, 5.41) is 0. The van der Waals surface area contributed by atoms with Crippen LogP contribution in [0, 0.1) is 0 Å². The van der Waals surface area contributed by atoms with E-state index in [9.17, 15) is 4.79 Å². The van der Waals surface area contributed by atoms with Gasteiger partial charge in [-0.25, -0.2) is 0 Å². The van der Waals surface area contributed by atoms with Crippen LogP contribution in [0.4, 0.5) is 0 Å². The second-order valence-corrected chi connectivity index (χ2v) is 7.63. The molecule has 3 aliphatic rings. The van der Waals surface area contributed by atoms with Crippen molar-refractivity contribution in [3.8, 4) is 5.75 Å². The Hall–Kier alpha value is -2.92. The van der Waals surface area contributed by atoms with Crippen LogP contribution in [0.25, 0.3) is 5.70 Å². The second kappa shape index (κ2) is 7.48. The first-order valence-corrected chi connectivity index (χ1v) is 10.2. The number of allylic oxidation sites excluding steroid dienone is 1. The Labute approximate surface area is 170 Å². The lowest BCUT2D eigenvalue weighted by atomic mass is 9.88. The van der Waals surface area contributed by atoms with E-state index >= 15 is 0 Å². The van der Waals surface area contributed by atoms with Crippen LogP contribution < -0.4 is 4.74 Å². The van der Waals surface area contributed by atoms with E-state index in [4.69, 9.17) is 9.47 Å². The minimum atomic E-state index is 0.0438. The van der Waals surface area contributed by atoms with Crippen LogP contribution in [0.3, 0.4) is 0 Å². The van der Waals surface area contributed by atoms with Gasteiger partial charge in [0.2, 0.25) is 5.91 Å². The number of methoxy groups -OCH3 is 1. The fraction of sp³-hybridized carbons (Fsp3) is 0.333. The topological polar surface area (TPSA) is 51.1 Å².